The van der Waals surface area contributed by atoms with Gasteiger partial charge in [-0.1, -0.05) is 12.2 Å². The molecule has 0 bridgehead atoms. The smallest absolute Gasteiger partial charge is 0.279 e. The number of H-pyrrole nitrogens is 1. The van der Waals surface area contributed by atoms with Gasteiger partial charge in [-0.25, -0.2) is 23.4 Å². The quantitative estimate of drug-likeness (QED) is 0.802. The minimum absolute atomic E-state index is 0.219. The van der Waals surface area contributed by atoms with Crippen LogP contribution in [-0.2, 0) is 0 Å². The highest BCUT2D eigenvalue weighted by Gasteiger charge is 2.11. The van der Waals surface area contributed by atoms with Crippen LogP contribution in [-0.4, -0.2) is 19.7 Å². The summed E-state index contributed by atoms with van der Waals surface area (Å²) >= 11 is 4.89. The van der Waals surface area contributed by atoms with Gasteiger partial charge in [0.1, 0.15) is 10.3 Å². The molecule has 2 aromatic rings. The molecular weight excluding hydrogens is 222 g/mol. The maximum Gasteiger partial charge on any atom is 0.279 e. The van der Waals surface area contributed by atoms with E-state index in [1.165, 1.54) is 23.1 Å². The highest BCUT2D eigenvalue weighted by molar-refractivity contribution is 7.71. The molecule has 2 heterocycles. The predicted octanol–water partition coefficient (Wildman–Crippen LogP) is 2.26. The number of rotatable bonds is 2. The second-order valence-corrected chi connectivity index (χ2v) is 3.15. The molecule has 15 heavy (non-hydrogen) atoms. The summed E-state index contributed by atoms with van der Waals surface area (Å²) in [5.74, 6) is 0.245. The Morgan fingerprint density at radius 3 is 2.53 bits per heavy atom. The SMILES string of the molecule is FC(F)c1cc(=S)n(-c2ncccn2)[nH]1. The number of alkyl halides is 2. The van der Waals surface area contributed by atoms with Crippen molar-refractivity contribution in [1.29, 1.82) is 0 Å². The Kier molecular flexibility index (Phi) is 2.55. The van der Waals surface area contributed by atoms with E-state index in [-0.39, 0.29) is 16.3 Å². The summed E-state index contributed by atoms with van der Waals surface area (Å²) in [5, 5.41) is 2.43. The molecule has 0 aliphatic carbocycles. The van der Waals surface area contributed by atoms with E-state index in [2.05, 4.69) is 15.1 Å². The first kappa shape index (κ1) is 9.91. The van der Waals surface area contributed by atoms with Crippen LogP contribution in [0.2, 0.25) is 0 Å². The van der Waals surface area contributed by atoms with Gasteiger partial charge in [-0.3, -0.25) is 5.10 Å². The highest BCUT2D eigenvalue weighted by Crippen LogP contribution is 2.17. The molecule has 0 saturated carbocycles. The van der Waals surface area contributed by atoms with Crippen LogP contribution in [0.15, 0.2) is 24.5 Å². The second-order valence-electron chi connectivity index (χ2n) is 2.73. The van der Waals surface area contributed by atoms with E-state index in [0.29, 0.717) is 0 Å². The lowest BCUT2D eigenvalue weighted by atomic mass is 10.5. The topological polar surface area (TPSA) is 46.5 Å². The van der Waals surface area contributed by atoms with E-state index in [9.17, 15) is 8.78 Å². The normalized spacial score (nSPS) is 10.9. The summed E-state index contributed by atoms with van der Waals surface area (Å²) in [5.41, 5.74) is -0.243. The number of aromatic amines is 1. The van der Waals surface area contributed by atoms with Crippen LogP contribution in [0.3, 0.4) is 0 Å². The van der Waals surface area contributed by atoms with E-state index in [0.717, 1.165) is 0 Å². The molecule has 0 aliphatic rings. The van der Waals surface area contributed by atoms with Gasteiger partial charge in [0.2, 0.25) is 5.95 Å². The molecule has 7 heteroatoms. The van der Waals surface area contributed by atoms with Gasteiger partial charge in [0.25, 0.3) is 6.43 Å². The standard InChI is InChI=1S/C8H6F2N4S/c9-7(10)5-4-6(15)14(13-5)8-11-2-1-3-12-8/h1-4,7,13H. The van der Waals surface area contributed by atoms with Crippen molar-refractivity contribution in [2.45, 2.75) is 6.43 Å². The summed E-state index contributed by atoms with van der Waals surface area (Å²) in [6, 6.07) is 2.82. The van der Waals surface area contributed by atoms with Gasteiger partial charge in [0.05, 0.1) is 0 Å². The van der Waals surface area contributed by atoms with Gasteiger partial charge in [0.15, 0.2) is 0 Å². The average molecular weight is 228 g/mol. The van der Waals surface area contributed by atoms with Gasteiger partial charge in [0, 0.05) is 18.5 Å². The van der Waals surface area contributed by atoms with Gasteiger partial charge in [-0.05, 0) is 6.07 Å². The maximum atomic E-state index is 12.3. The molecule has 4 nitrogen and oxygen atoms in total. The van der Waals surface area contributed by atoms with Crippen molar-refractivity contribution in [3.8, 4) is 5.95 Å². The van der Waals surface area contributed by atoms with Crippen LogP contribution >= 0.6 is 12.2 Å². The van der Waals surface area contributed by atoms with Crippen molar-refractivity contribution in [3.63, 3.8) is 0 Å². The van der Waals surface area contributed by atoms with Crippen LogP contribution in [0.25, 0.3) is 5.95 Å². The lowest BCUT2D eigenvalue weighted by Crippen LogP contribution is -2.02. The van der Waals surface area contributed by atoms with Crippen molar-refractivity contribution in [2.75, 3.05) is 0 Å². The van der Waals surface area contributed by atoms with Crippen LogP contribution in [0, 0.1) is 4.64 Å². The van der Waals surface area contributed by atoms with Crippen LogP contribution in [0.4, 0.5) is 8.78 Å². The van der Waals surface area contributed by atoms with Crippen molar-refractivity contribution in [2.24, 2.45) is 0 Å². The van der Waals surface area contributed by atoms with E-state index >= 15 is 0 Å². The molecule has 0 saturated heterocycles. The number of hydrogen-bond donors (Lipinski definition) is 1. The summed E-state index contributed by atoms with van der Waals surface area (Å²) < 4.78 is 26.1. The second kappa shape index (κ2) is 3.85. The Hall–Kier alpha value is -1.63. The molecule has 0 fully saturated rings. The molecule has 2 rings (SSSR count). The highest BCUT2D eigenvalue weighted by atomic mass is 32.1. The van der Waals surface area contributed by atoms with Crippen LogP contribution in [0.5, 0.6) is 0 Å². The minimum Gasteiger partial charge on any atom is -0.289 e. The fourth-order valence-electron chi connectivity index (χ4n) is 1.08. The first-order valence-electron chi connectivity index (χ1n) is 4.06. The molecule has 0 unspecified atom stereocenters. The van der Waals surface area contributed by atoms with Crippen molar-refractivity contribution < 1.29 is 8.78 Å². The van der Waals surface area contributed by atoms with Crippen molar-refractivity contribution >= 4 is 12.2 Å². The van der Waals surface area contributed by atoms with Gasteiger partial charge in [-0.2, -0.15) is 0 Å². The average Bonchev–Trinajstić information content (AvgIpc) is 2.62. The monoisotopic (exact) mass is 228 g/mol. The number of halogens is 2. The zero-order chi connectivity index (χ0) is 10.8. The molecule has 0 amide bonds. The molecule has 2 aromatic heterocycles. The van der Waals surface area contributed by atoms with Gasteiger partial charge < -0.3 is 0 Å². The van der Waals surface area contributed by atoms with Crippen molar-refractivity contribution in [1.82, 2.24) is 19.7 Å². The predicted molar refractivity (Wildman–Crippen MR) is 51.5 cm³/mol. The zero-order valence-corrected chi connectivity index (χ0v) is 8.21. The minimum atomic E-state index is -2.59. The third kappa shape index (κ3) is 1.91. The molecule has 0 atom stereocenters. The largest absolute Gasteiger partial charge is 0.289 e. The van der Waals surface area contributed by atoms with Crippen molar-refractivity contribution in [3.05, 3.63) is 34.9 Å². The summed E-state index contributed by atoms with van der Waals surface area (Å²) in [4.78, 5) is 7.78. The lowest BCUT2D eigenvalue weighted by molar-refractivity contribution is 0.145. The Morgan fingerprint density at radius 1 is 1.33 bits per heavy atom. The number of nitrogens with one attached hydrogen (secondary N) is 1. The first-order chi connectivity index (χ1) is 7.18. The van der Waals surface area contributed by atoms with E-state index in [4.69, 9.17) is 12.2 Å². The molecule has 0 radical (unpaired) electrons. The number of hydrogen-bond acceptors (Lipinski definition) is 3. The lowest BCUT2D eigenvalue weighted by Gasteiger charge is -1.99. The summed E-state index contributed by atoms with van der Waals surface area (Å²) in [6.07, 6.45) is 0.427. The molecule has 78 valence electrons. The molecule has 1 N–H and O–H groups in total. The number of aromatic nitrogens is 4. The molecular formula is C8H6F2N4S. The Balaban J connectivity index is 2.50. The third-order valence-corrected chi connectivity index (χ3v) is 2.03. The summed E-state index contributed by atoms with van der Waals surface area (Å²) in [6.45, 7) is 0. The third-order valence-electron chi connectivity index (χ3n) is 1.73. The molecule has 0 aromatic carbocycles. The van der Waals surface area contributed by atoms with E-state index in [1.807, 2.05) is 0 Å². The fraction of sp³-hybridized carbons (Fsp3) is 0.125. The van der Waals surface area contributed by atoms with E-state index in [1.54, 1.807) is 6.07 Å². The molecule has 0 aliphatic heterocycles. The first-order valence-corrected chi connectivity index (χ1v) is 4.47. The summed E-state index contributed by atoms with van der Waals surface area (Å²) in [7, 11) is 0. The van der Waals surface area contributed by atoms with E-state index < -0.39 is 6.43 Å². The molecule has 0 spiro atoms. The maximum absolute atomic E-state index is 12.3. The fourth-order valence-corrected chi connectivity index (χ4v) is 1.34. The Bertz CT molecular complexity index is 505. The Morgan fingerprint density at radius 2 is 2.00 bits per heavy atom. The number of nitrogens with zero attached hydrogens (tertiary/aromatic N) is 3. The zero-order valence-electron chi connectivity index (χ0n) is 7.39. The van der Waals surface area contributed by atoms with Crippen LogP contribution < -0.4 is 0 Å². The van der Waals surface area contributed by atoms with Gasteiger partial charge in [-0.15, -0.1) is 0 Å². The Labute approximate surface area is 88.6 Å². The van der Waals surface area contributed by atoms with Gasteiger partial charge >= 0.3 is 0 Å². The van der Waals surface area contributed by atoms with Crippen LogP contribution in [0.1, 0.15) is 12.1 Å².